The van der Waals surface area contributed by atoms with E-state index in [1.54, 1.807) is 86.7 Å². The Kier molecular flexibility index (Phi) is 22.6. The Hall–Kier alpha value is -4.38. The summed E-state index contributed by atoms with van der Waals surface area (Å²) >= 11 is 14.2. The zero-order valence-electron chi connectivity index (χ0n) is 55.0. The molecule has 16 heteroatoms. The number of unbranched alkanes of at least 4 members (excludes halogenated alkanes) is 12. The number of fused-ring (bicyclic) bond motifs is 4. The molecule has 10 aromatic heterocycles. The summed E-state index contributed by atoms with van der Waals surface area (Å²) in [5, 5.41) is 6.78. The molecule has 0 saturated carbocycles. The van der Waals surface area contributed by atoms with Crippen LogP contribution in [0.15, 0.2) is 95.7 Å². The van der Waals surface area contributed by atoms with Gasteiger partial charge in [0.05, 0.1) is 0 Å². The molecule has 0 bridgehead atoms. The topological polar surface area (TPSA) is 74.8 Å². The van der Waals surface area contributed by atoms with E-state index in [1.807, 2.05) is 34.8 Å². The predicted molar refractivity (Wildman–Crippen MR) is 413 cm³/mol. The van der Waals surface area contributed by atoms with Gasteiger partial charge in [0, 0.05) is 13.1 Å². The Labute approximate surface area is 599 Å². The van der Waals surface area contributed by atoms with Crippen molar-refractivity contribution < 1.29 is 19.2 Å². The molecule has 2 unspecified atom stereocenters. The number of benzene rings is 1. The normalized spacial score (nSPS) is 14.0. The van der Waals surface area contributed by atoms with E-state index in [4.69, 9.17) is 0 Å². The van der Waals surface area contributed by atoms with Crippen LogP contribution in [0.4, 0.5) is 0 Å². The summed E-state index contributed by atoms with van der Waals surface area (Å²) in [5.74, 6) is 0.790. The van der Waals surface area contributed by atoms with Gasteiger partial charge in [-0.15, -0.1) is 22.7 Å². The van der Waals surface area contributed by atoms with Gasteiger partial charge in [0.2, 0.25) is 0 Å². The molecule has 1 aromatic carbocycles. The Bertz CT molecular complexity index is 4120. The number of hydrogen-bond donors (Lipinski definition) is 0. The van der Waals surface area contributed by atoms with Crippen LogP contribution in [0.5, 0.6) is 0 Å². The molecule has 12 heterocycles. The average molecular weight is 1530 g/mol. The SMILES string of the molecule is CCCCCCCCN1C(=O)c2c(-c3cccs3)sc(-c3ccc(-c4cc5c(-c6ccc(CC(CC)CCCC)[se]6)c6sc(-c7ccc(-c8sc(-c9cccs9)c9c8C(=O)N(CCCCCCCC)C9=O)s7)cc6c(-c6ccc(CC(CC)CCCC)[se]6)c5s4)s3)c2C1=O. The van der Waals surface area contributed by atoms with E-state index in [1.165, 1.54) is 150 Å². The first-order valence-corrected chi connectivity index (χ1v) is 44.7. The zero-order chi connectivity index (χ0) is 65.0. The van der Waals surface area contributed by atoms with Crippen molar-refractivity contribution in [3.05, 3.63) is 127 Å². The molecule has 2 atom stereocenters. The second kappa shape index (κ2) is 31.2. The van der Waals surface area contributed by atoms with Crippen LogP contribution in [0, 0.1) is 11.8 Å². The van der Waals surface area contributed by atoms with Gasteiger partial charge in [0.25, 0.3) is 0 Å². The second-order valence-electron chi connectivity index (χ2n) is 25.6. The van der Waals surface area contributed by atoms with E-state index >= 15 is 0 Å². The first-order chi connectivity index (χ1) is 46.0. The molecule has 2 aliphatic rings. The van der Waals surface area contributed by atoms with Crippen molar-refractivity contribution in [3.8, 4) is 78.5 Å². The van der Waals surface area contributed by atoms with Crippen LogP contribution in [0.2, 0.25) is 0 Å². The molecule has 11 aromatic rings. The first kappa shape index (κ1) is 68.2. The van der Waals surface area contributed by atoms with Gasteiger partial charge in [0.15, 0.2) is 0 Å². The molecular formula is C78H84N2O4S8Se2. The third kappa shape index (κ3) is 13.9. The number of carbonyl (C=O) groups is 4. The van der Waals surface area contributed by atoms with Crippen LogP contribution >= 0.6 is 90.7 Å². The maximum atomic E-state index is 14.7. The van der Waals surface area contributed by atoms with Gasteiger partial charge < -0.3 is 0 Å². The average Bonchev–Trinajstić information content (AvgIpc) is 1.57. The van der Waals surface area contributed by atoms with Gasteiger partial charge in [-0.3, -0.25) is 9.59 Å². The Balaban J connectivity index is 0.935. The molecule has 0 fully saturated rings. The number of imide groups is 2. The van der Waals surface area contributed by atoms with E-state index in [9.17, 15) is 19.2 Å². The summed E-state index contributed by atoms with van der Waals surface area (Å²) in [6, 6.07) is 32.2. The molecule has 0 radical (unpaired) electrons. The molecule has 0 N–H and O–H groups in total. The Morgan fingerprint density at radius 3 is 1.11 bits per heavy atom. The second-order valence-corrected chi connectivity index (χ2v) is 38.7. The van der Waals surface area contributed by atoms with E-state index in [0.29, 0.717) is 47.2 Å². The van der Waals surface area contributed by atoms with Crippen LogP contribution < -0.4 is 0 Å². The maximum absolute atomic E-state index is 14.7. The standard InChI is InChI=1S/C78H84N2O4S8Se2/c1-7-13-17-19-21-23-39-79-75(81)65-67(77(79)83)73(91-71(65)55-29-25-41-85-55)57-35-33-53(87-57)59-45-51-63(61-37-31-49(93-61)43-47(11-5)27-15-9-3)70-52(64(69(51)89-59)62-38-32-50(94-62)44-48(12-6)28-16-10-4)46-60(90-70)54-34-36-58(88-54)74-68-66(72(92-74)56-30-26-42-86-56)76(82)80(78(68)84)40-24-22-20-18-14-8-2/h25-26,29-38,41-42,45-48H,7-24,27-28,39-40,43-44H2,1-6H3. The fourth-order valence-corrected chi connectivity index (χ4v) is 28.3. The van der Waals surface area contributed by atoms with E-state index in [-0.39, 0.29) is 52.6 Å². The van der Waals surface area contributed by atoms with Crippen LogP contribution in [-0.4, -0.2) is 75.5 Å². The van der Waals surface area contributed by atoms with Crippen LogP contribution in [0.1, 0.15) is 220 Å². The molecule has 2 aliphatic heterocycles. The molecular weight excluding hydrogens is 1440 g/mol. The van der Waals surface area contributed by atoms with Crippen molar-refractivity contribution in [1.82, 2.24) is 9.80 Å². The summed E-state index contributed by atoms with van der Waals surface area (Å²) in [6.45, 7) is 14.7. The van der Waals surface area contributed by atoms with Crippen molar-refractivity contribution in [2.45, 2.75) is 183 Å². The summed E-state index contributed by atoms with van der Waals surface area (Å²) in [5.41, 5.74) is 5.09. The monoisotopic (exact) mass is 1530 g/mol. The molecule has 490 valence electrons. The van der Waals surface area contributed by atoms with Gasteiger partial charge >= 0.3 is 434 Å². The van der Waals surface area contributed by atoms with Gasteiger partial charge in [-0.2, -0.15) is 0 Å². The summed E-state index contributed by atoms with van der Waals surface area (Å²) in [6.07, 6.45) is 25.3. The minimum atomic E-state index is -0.145. The van der Waals surface area contributed by atoms with Crippen molar-refractivity contribution in [2.24, 2.45) is 11.8 Å². The number of rotatable bonds is 34. The Morgan fingerprint density at radius 1 is 0.362 bits per heavy atom. The Morgan fingerprint density at radius 2 is 0.734 bits per heavy atom. The number of carbonyl (C=O) groups excluding carboxylic acids is 4. The van der Waals surface area contributed by atoms with E-state index in [0.717, 1.165) is 90.4 Å². The van der Waals surface area contributed by atoms with Crippen molar-refractivity contribution in [1.29, 1.82) is 0 Å². The van der Waals surface area contributed by atoms with Gasteiger partial charge in [-0.1, -0.05) is 90.2 Å². The van der Waals surface area contributed by atoms with Crippen LogP contribution in [-0.2, 0) is 12.8 Å². The number of nitrogens with zero attached hydrogens (tertiary/aromatic N) is 2. The summed E-state index contributed by atoms with van der Waals surface area (Å²) < 4.78 is 8.76. The molecule has 0 saturated heterocycles. The fraction of sp³-hybridized carbons (Fsp3) is 0.410. The molecule has 94 heavy (non-hydrogen) atoms. The molecule has 13 rings (SSSR count). The quantitative estimate of drug-likeness (QED) is 0.0229. The molecule has 0 spiro atoms. The first-order valence-electron chi connectivity index (χ1n) is 34.6. The summed E-state index contributed by atoms with van der Waals surface area (Å²) in [7, 11) is 0. The van der Waals surface area contributed by atoms with Crippen LogP contribution in [0.25, 0.3) is 98.7 Å². The minimum absolute atomic E-state index is 0.143. The predicted octanol–water partition coefficient (Wildman–Crippen LogP) is 25.4. The van der Waals surface area contributed by atoms with Crippen molar-refractivity contribution >= 4 is 164 Å². The third-order valence-corrected chi connectivity index (χ3v) is 33.5. The van der Waals surface area contributed by atoms with Gasteiger partial charge in [-0.05, 0) is 35.7 Å². The van der Waals surface area contributed by atoms with Crippen molar-refractivity contribution in [2.75, 3.05) is 13.1 Å². The van der Waals surface area contributed by atoms with E-state index in [2.05, 4.69) is 125 Å². The third-order valence-electron chi connectivity index (χ3n) is 19.1. The van der Waals surface area contributed by atoms with E-state index < -0.39 is 0 Å². The number of amides is 4. The van der Waals surface area contributed by atoms with Gasteiger partial charge in [0.1, 0.15) is 0 Å². The molecule has 0 aliphatic carbocycles. The molecule has 4 amide bonds. The van der Waals surface area contributed by atoms with Crippen LogP contribution in [0.3, 0.4) is 0 Å². The van der Waals surface area contributed by atoms with Crippen molar-refractivity contribution in [3.63, 3.8) is 0 Å². The number of thiophene rings is 8. The zero-order valence-corrected chi connectivity index (χ0v) is 64.9. The summed E-state index contributed by atoms with van der Waals surface area (Å²) in [4.78, 5) is 74.0. The van der Waals surface area contributed by atoms with Gasteiger partial charge in [-0.25, -0.2) is 0 Å². The number of hydrogen-bond acceptors (Lipinski definition) is 12. The molecule has 6 nitrogen and oxygen atoms in total. The fourth-order valence-electron chi connectivity index (χ4n) is 13.8.